The zero-order chi connectivity index (χ0) is 20.9. The summed E-state index contributed by atoms with van der Waals surface area (Å²) in [6, 6.07) is 17.5. The van der Waals surface area contributed by atoms with Gasteiger partial charge in [-0.15, -0.1) is 0 Å². The second-order valence-electron chi connectivity index (χ2n) is 8.30. The molecule has 2 aromatic carbocycles. The maximum atomic E-state index is 12.8. The van der Waals surface area contributed by atoms with Crippen LogP contribution in [0.1, 0.15) is 49.5 Å². The van der Waals surface area contributed by atoms with Gasteiger partial charge < -0.3 is 15.0 Å². The van der Waals surface area contributed by atoms with E-state index in [1.54, 1.807) is 12.1 Å². The average molecular weight is 395 g/mol. The van der Waals surface area contributed by atoms with Crippen molar-refractivity contribution >= 4 is 17.5 Å². The molecule has 0 aromatic heterocycles. The summed E-state index contributed by atoms with van der Waals surface area (Å²) < 4.78 is 5.41. The molecule has 0 bridgehead atoms. The largest absolute Gasteiger partial charge is 0.377 e. The van der Waals surface area contributed by atoms with E-state index in [1.165, 1.54) is 5.56 Å². The molecule has 3 rings (SSSR count). The maximum absolute atomic E-state index is 12.8. The highest BCUT2D eigenvalue weighted by molar-refractivity contribution is 5.97. The van der Waals surface area contributed by atoms with Gasteiger partial charge in [-0.2, -0.15) is 0 Å². The number of hydrogen-bond acceptors (Lipinski definition) is 3. The Bertz CT molecular complexity index is 848. The Balaban J connectivity index is 1.59. The number of amides is 2. The summed E-state index contributed by atoms with van der Waals surface area (Å²) >= 11 is 0. The van der Waals surface area contributed by atoms with Crippen LogP contribution >= 0.6 is 0 Å². The Labute approximate surface area is 173 Å². The number of nitrogens with zero attached hydrogens (tertiary/aromatic N) is 1. The average Bonchev–Trinajstić information content (AvgIpc) is 2.73. The Morgan fingerprint density at radius 2 is 1.90 bits per heavy atom. The summed E-state index contributed by atoms with van der Waals surface area (Å²) in [4.78, 5) is 27.1. The van der Waals surface area contributed by atoms with E-state index in [0.717, 1.165) is 6.42 Å². The summed E-state index contributed by atoms with van der Waals surface area (Å²) in [5, 5.41) is 2.94. The van der Waals surface area contributed by atoms with Crippen LogP contribution in [0.15, 0.2) is 54.6 Å². The molecule has 1 atom stereocenters. The van der Waals surface area contributed by atoms with Crippen molar-refractivity contribution in [2.45, 2.75) is 45.1 Å². The maximum Gasteiger partial charge on any atom is 0.254 e. The minimum atomic E-state index is -0.0805. The Morgan fingerprint density at radius 1 is 1.14 bits per heavy atom. The van der Waals surface area contributed by atoms with Gasteiger partial charge >= 0.3 is 0 Å². The highest BCUT2D eigenvalue weighted by Gasteiger charge is 2.25. The standard InChI is InChI=1S/C24H30N2O3/c1-18-17-29-15-14-26(18)23(28)19-8-7-11-21(16-19)25-22(27)12-13-24(2,3)20-9-5-4-6-10-20/h4-11,16,18H,12-15,17H2,1-3H3,(H,25,27). The first-order valence-electron chi connectivity index (χ1n) is 10.2. The summed E-state index contributed by atoms with van der Waals surface area (Å²) in [6.07, 6.45) is 1.16. The fraction of sp³-hybridized carbons (Fsp3) is 0.417. The van der Waals surface area contributed by atoms with E-state index in [9.17, 15) is 9.59 Å². The molecule has 5 heteroatoms. The molecular weight excluding hydrogens is 364 g/mol. The van der Waals surface area contributed by atoms with Crippen LogP contribution < -0.4 is 5.32 Å². The molecule has 154 valence electrons. The van der Waals surface area contributed by atoms with Crippen LogP contribution in [0.4, 0.5) is 5.69 Å². The van der Waals surface area contributed by atoms with Crippen molar-refractivity contribution in [1.29, 1.82) is 0 Å². The van der Waals surface area contributed by atoms with Gasteiger partial charge in [0.15, 0.2) is 0 Å². The van der Waals surface area contributed by atoms with Crippen LogP contribution in [-0.2, 0) is 14.9 Å². The van der Waals surface area contributed by atoms with E-state index in [4.69, 9.17) is 4.74 Å². The van der Waals surface area contributed by atoms with Gasteiger partial charge in [0, 0.05) is 24.2 Å². The number of rotatable bonds is 6. The summed E-state index contributed by atoms with van der Waals surface area (Å²) in [7, 11) is 0. The van der Waals surface area contributed by atoms with Crippen molar-refractivity contribution in [2.75, 3.05) is 25.1 Å². The highest BCUT2D eigenvalue weighted by atomic mass is 16.5. The van der Waals surface area contributed by atoms with E-state index >= 15 is 0 Å². The third-order valence-corrected chi connectivity index (χ3v) is 5.55. The molecule has 29 heavy (non-hydrogen) atoms. The smallest absolute Gasteiger partial charge is 0.254 e. The molecule has 0 radical (unpaired) electrons. The second kappa shape index (κ2) is 9.23. The first kappa shape index (κ1) is 21.1. The van der Waals surface area contributed by atoms with Gasteiger partial charge in [-0.05, 0) is 42.5 Å². The van der Waals surface area contributed by atoms with Crippen molar-refractivity contribution in [2.24, 2.45) is 0 Å². The van der Waals surface area contributed by atoms with Gasteiger partial charge in [-0.3, -0.25) is 9.59 Å². The summed E-state index contributed by atoms with van der Waals surface area (Å²) in [6.45, 7) is 7.99. The minimum absolute atomic E-state index is 0.0258. The SMILES string of the molecule is CC1COCCN1C(=O)c1cccc(NC(=O)CCC(C)(C)c2ccccc2)c1. The summed E-state index contributed by atoms with van der Waals surface area (Å²) in [5.41, 5.74) is 2.38. The predicted molar refractivity (Wildman–Crippen MR) is 115 cm³/mol. The molecule has 0 aliphatic carbocycles. The molecule has 1 aliphatic heterocycles. The fourth-order valence-electron chi connectivity index (χ4n) is 3.61. The number of ether oxygens (including phenoxy) is 1. The van der Waals surface area contributed by atoms with Crippen LogP contribution in [0.2, 0.25) is 0 Å². The lowest BCUT2D eigenvalue weighted by atomic mass is 9.80. The number of carbonyl (C=O) groups excluding carboxylic acids is 2. The Kier molecular flexibility index (Phi) is 6.70. The number of hydrogen-bond donors (Lipinski definition) is 1. The molecule has 5 nitrogen and oxygen atoms in total. The van der Waals surface area contributed by atoms with Crippen molar-refractivity contribution in [3.05, 3.63) is 65.7 Å². The predicted octanol–water partition coefficient (Wildman–Crippen LogP) is 4.24. The van der Waals surface area contributed by atoms with Crippen molar-refractivity contribution in [3.8, 4) is 0 Å². The van der Waals surface area contributed by atoms with E-state index in [2.05, 4.69) is 31.3 Å². The van der Waals surface area contributed by atoms with Gasteiger partial charge in [0.25, 0.3) is 5.91 Å². The van der Waals surface area contributed by atoms with Crippen LogP contribution in [0.25, 0.3) is 0 Å². The van der Waals surface area contributed by atoms with Crippen molar-refractivity contribution in [1.82, 2.24) is 4.90 Å². The fourth-order valence-corrected chi connectivity index (χ4v) is 3.61. The minimum Gasteiger partial charge on any atom is -0.377 e. The number of anilines is 1. The van der Waals surface area contributed by atoms with Crippen LogP contribution in [0.3, 0.4) is 0 Å². The quantitative estimate of drug-likeness (QED) is 0.797. The Hall–Kier alpha value is -2.66. The third kappa shape index (κ3) is 5.45. The molecule has 0 saturated carbocycles. The third-order valence-electron chi connectivity index (χ3n) is 5.55. The molecule has 2 amide bonds. The van der Waals surface area contributed by atoms with E-state index in [0.29, 0.717) is 37.4 Å². The first-order valence-corrected chi connectivity index (χ1v) is 10.2. The lowest BCUT2D eigenvalue weighted by Gasteiger charge is -2.33. The lowest BCUT2D eigenvalue weighted by Crippen LogP contribution is -2.47. The molecule has 1 unspecified atom stereocenters. The molecule has 2 aromatic rings. The molecule has 0 spiro atoms. The second-order valence-corrected chi connectivity index (χ2v) is 8.30. The van der Waals surface area contributed by atoms with E-state index in [-0.39, 0.29) is 23.3 Å². The van der Waals surface area contributed by atoms with Gasteiger partial charge in [-0.1, -0.05) is 50.2 Å². The topological polar surface area (TPSA) is 58.6 Å². The highest BCUT2D eigenvalue weighted by Crippen LogP contribution is 2.28. The normalized spacial score (nSPS) is 17.1. The molecule has 1 N–H and O–H groups in total. The monoisotopic (exact) mass is 394 g/mol. The molecule has 1 heterocycles. The van der Waals surface area contributed by atoms with E-state index < -0.39 is 0 Å². The number of carbonyl (C=O) groups is 2. The van der Waals surface area contributed by atoms with Crippen LogP contribution in [-0.4, -0.2) is 42.5 Å². The summed E-state index contributed by atoms with van der Waals surface area (Å²) in [5.74, 6) is -0.0690. The zero-order valence-corrected chi connectivity index (χ0v) is 17.5. The Morgan fingerprint density at radius 3 is 2.62 bits per heavy atom. The molecule has 1 fully saturated rings. The lowest BCUT2D eigenvalue weighted by molar-refractivity contribution is -0.116. The zero-order valence-electron chi connectivity index (χ0n) is 17.5. The van der Waals surface area contributed by atoms with Gasteiger partial charge in [0.2, 0.25) is 5.91 Å². The van der Waals surface area contributed by atoms with Gasteiger partial charge in [-0.25, -0.2) is 0 Å². The molecular formula is C24H30N2O3. The first-order chi connectivity index (χ1) is 13.9. The van der Waals surface area contributed by atoms with Gasteiger partial charge in [0.1, 0.15) is 0 Å². The van der Waals surface area contributed by atoms with Crippen LogP contribution in [0.5, 0.6) is 0 Å². The van der Waals surface area contributed by atoms with Gasteiger partial charge in [0.05, 0.1) is 19.3 Å². The number of morpholine rings is 1. The van der Waals surface area contributed by atoms with E-state index in [1.807, 2.05) is 42.2 Å². The number of nitrogens with one attached hydrogen (secondary N) is 1. The van der Waals surface area contributed by atoms with Crippen LogP contribution in [0, 0.1) is 0 Å². The number of benzene rings is 2. The van der Waals surface area contributed by atoms with Crippen molar-refractivity contribution in [3.63, 3.8) is 0 Å². The van der Waals surface area contributed by atoms with Crippen molar-refractivity contribution < 1.29 is 14.3 Å². The molecule has 1 aliphatic rings. The molecule has 1 saturated heterocycles.